The third-order valence-electron chi connectivity index (χ3n) is 3.09. The van der Waals surface area contributed by atoms with Gasteiger partial charge in [-0.15, -0.1) is 0 Å². The molecule has 0 heterocycles. The van der Waals surface area contributed by atoms with Gasteiger partial charge in [0.1, 0.15) is 0 Å². The molecule has 0 aliphatic heterocycles. The van der Waals surface area contributed by atoms with Crippen molar-refractivity contribution in [2.75, 3.05) is 11.9 Å². The van der Waals surface area contributed by atoms with E-state index in [4.69, 9.17) is 0 Å². The van der Waals surface area contributed by atoms with Crippen LogP contribution in [0, 0.1) is 0 Å². The molecule has 0 saturated carbocycles. The van der Waals surface area contributed by atoms with E-state index >= 15 is 0 Å². The van der Waals surface area contributed by atoms with Crippen molar-refractivity contribution in [1.82, 2.24) is 4.72 Å². The normalized spacial score (nSPS) is 11.3. The minimum Gasteiger partial charge on any atom is -0.326 e. The van der Waals surface area contributed by atoms with E-state index in [1.807, 2.05) is 0 Å². The average molecular weight is 312 g/mol. The number of hydrogen-bond donors (Lipinski definition) is 2. The molecule has 1 rings (SSSR count). The number of anilines is 1. The molecule has 6 heteroatoms. The van der Waals surface area contributed by atoms with Crippen molar-refractivity contribution in [3.8, 4) is 0 Å². The van der Waals surface area contributed by atoms with Crippen LogP contribution >= 0.6 is 0 Å². The van der Waals surface area contributed by atoms with Crippen LogP contribution in [0.4, 0.5) is 5.69 Å². The molecule has 1 amide bonds. The molecular formula is C15H24N2O3S. The Morgan fingerprint density at radius 3 is 2.29 bits per heavy atom. The number of benzene rings is 1. The van der Waals surface area contributed by atoms with Crippen LogP contribution in [0.3, 0.4) is 0 Å². The summed E-state index contributed by atoms with van der Waals surface area (Å²) in [6.07, 6.45) is 4.50. The lowest BCUT2D eigenvalue weighted by molar-refractivity contribution is -0.115. The van der Waals surface area contributed by atoms with Crippen LogP contribution in [-0.4, -0.2) is 20.9 Å². The van der Waals surface area contributed by atoms with Gasteiger partial charge in [0.25, 0.3) is 0 Å². The van der Waals surface area contributed by atoms with Crippen LogP contribution in [0.1, 0.15) is 46.0 Å². The molecule has 5 nitrogen and oxygen atoms in total. The second kappa shape index (κ2) is 8.79. The molecule has 0 aliphatic rings. The lowest BCUT2D eigenvalue weighted by Gasteiger charge is -2.08. The molecule has 1 aromatic rings. The first-order chi connectivity index (χ1) is 9.99. The zero-order chi connectivity index (χ0) is 15.7. The number of nitrogens with one attached hydrogen (secondary N) is 2. The fourth-order valence-electron chi connectivity index (χ4n) is 1.81. The number of unbranched alkanes of at least 4 members (excludes halogenated alkanes) is 3. The number of carbonyl (C=O) groups is 1. The summed E-state index contributed by atoms with van der Waals surface area (Å²) >= 11 is 0. The first-order valence-electron chi connectivity index (χ1n) is 7.39. The van der Waals surface area contributed by atoms with Gasteiger partial charge in [-0.3, -0.25) is 4.79 Å². The first kappa shape index (κ1) is 17.7. The quantitative estimate of drug-likeness (QED) is 0.688. The Morgan fingerprint density at radius 1 is 1.05 bits per heavy atom. The summed E-state index contributed by atoms with van der Waals surface area (Å²) in [5.41, 5.74) is 0.601. The summed E-state index contributed by atoms with van der Waals surface area (Å²) in [7, 11) is -3.46. The van der Waals surface area contributed by atoms with E-state index in [0.717, 1.165) is 25.7 Å². The van der Waals surface area contributed by atoms with Crippen LogP contribution in [-0.2, 0) is 14.8 Å². The SMILES string of the molecule is CCCCCCNS(=O)(=O)c1ccc(NC(=O)CC)cc1. The van der Waals surface area contributed by atoms with Crippen molar-refractivity contribution in [1.29, 1.82) is 0 Å². The second-order valence-corrected chi connectivity index (χ2v) is 6.65. The van der Waals surface area contributed by atoms with E-state index in [-0.39, 0.29) is 10.8 Å². The van der Waals surface area contributed by atoms with Crippen molar-refractivity contribution in [2.24, 2.45) is 0 Å². The van der Waals surface area contributed by atoms with E-state index in [0.29, 0.717) is 18.7 Å². The third-order valence-corrected chi connectivity index (χ3v) is 4.57. The molecule has 0 fully saturated rings. The Hall–Kier alpha value is -1.40. The topological polar surface area (TPSA) is 75.3 Å². The minimum absolute atomic E-state index is 0.0975. The Balaban J connectivity index is 2.56. The molecule has 0 aliphatic carbocycles. The molecule has 1 aromatic carbocycles. The van der Waals surface area contributed by atoms with Crippen LogP contribution in [0.5, 0.6) is 0 Å². The highest BCUT2D eigenvalue weighted by Crippen LogP contribution is 2.14. The van der Waals surface area contributed by atoms with E-state index in [1.165, 1.54) is 12.1 Å². The Bertz CT molecular complexity index is 539. The lowest BCUT2D eigenvalue weighted by Crippen LogP contribution is -2.24. The van der Waals surface area contributed by atoms with E-state index in [1.54, 1.807) is 19.1 Å². The smallest absolute Gasteiger partial charge is 0.240 e. The van der Waals surface area contributed by atoms with Gasteiger partial charge < -0.3 is 5.32 Å². The molecule has 2 N–H and O–H groups in total. The van der Waals surface area contributed by atoms with Gasteiger partial charge in [-0.05, 0) is 30.7 Å². The summed E-state index contributed by atoms with van der Waals surface area (Å²) in [5, 5.41) is 2.68. The molecule has 118 valence electrons. The maximum atomic E-state index is 12.1. The summed E-state index contributed by atoms with van der Waals surface area (Å²) in [6.45, 7) is 4.33. The van der Waals surface area contributed by atoms with E-state index in [9.17, 15) is 13.2 Å². The van der Waals surface area contributed by atoms with E-state index in [2.05, 4.69) is 17.0 Å². The largest absolute Gasteiger partial charge is 0.326 e. The fraction of sp³-hybridized carbons (Fsp3) is 0.533. The number of carbonyl (C=O) groups excluding carboxylic acids is 1. The summed E-state index contributed by atoms with van der Waals surface area (Å²) in [6, 6.07) is 6.19. The molecule has 0 unspecified atom stereocenters. The van der Waals surface area contributed by atoms with Crippen LogP contribution in [0.15, 0.2) is 29.2 Å². The van der Waals surface area contributed by atoms with Crippen LogP contribution in [0.2, 0.25) is 0 Å². The van der Waals surface area contributed by atoms with Gasteiger partial charge >= 0.3 is 0 Å². The maximum Gasteiger partial charge on any atom is 0.240 e. The number of hydrogen-bond acceptors (Lipinski definition) is 3. The van der Waals surface area contributed by atoms with Gasteiger partial charge in [0.2, 0.25) is 15.9 Å². The Morgan fingerprint density at radius 2 is 1.71 bits per heavy atom. The molecular weight excluding hydrogens is 288 g/mol. The zero-order valence-electron chi connectivity index (χ0n) is 12.7. The predicted molar refractivity (Wildman–Crippen MR) is 84.7 cm³/mol. The van der Waals surface area contributed by atoms with E-state index < -0.39 is 10.0 Å². The maximum absolute atomic E-state index is 12.1. The van der Waals surface area contributed by atoms with Crippen LogP contribution in [0.25, 0.3) is 0 Å². The molecule has 0 spiro atoms. The Labute approximate surface area is 127 Å². The van der Waals surface area contributed by atoms with Crippen molar-refractivity contribution in [3.63, 3.8) is 0 Å². The van der Waals surface area contributed by atoms with Gasteiger partial charge in [0, 0.05) is 18.7 Å². The molecule has 21 heavy (non-hydrogen) atoms. The highest BCUT2D eigenvalue weighted by Gasteiger charge is 2.13. The molecule has 0 atom stereocenters. The Kier molecular flexibility index (Phi) is 7.39. The number of sulfonamides is 1. The first-order valence-corrected chi connectivity index (χ1v) is 8.87. The highest BCUT2D eigenvalue weighted by molar-refractivity contribution is 7.89. The number of rotatable bonds is 9. The van der Waals surface area contributed by atoms with Gasteiger partial charge in [-0.1, -0.05) is 33.1 Å². The number of amides is 1. The minimum atomic E-state index is -3.46. The molecule has 0 radical (unpaired) electrons. The highest BCUT2D eigenvalue weighted by atomic mass is 32.2. The van der Waals surface area contributed by atoms with Crippen molar-refractivity contribution >= 4 is 21.6 Å². The molecule has 0 bridgehead atoms. The monoisotopic (exact) mass is 312 g/mol. The van der Waals surface area contributed by atoms with Crippen LogP contribution < -0.4 is 10.0 Å². The van der Waals surface area contributed by atoms with Gasteiger partial charge in [0.05, 0.1) is 4.90 Å². The molecule has 0 aromatic heterocycles. The average Bonchev–Trinajstić information content (AvgIpc) is 2.47. The summed E-state index contributed by atoms with van der Waals surface area (Å²) < 4.78 is 26.7. The lowest BCUT2D eigenvalue weighted by atomic mass is 10.2. The van der Waals surface area contributed by atoms with Crippen molar-refractivity contribution in [3.05, 3.63) is 24.3 Å². The van der Waals surface area contributed by atoms with Gasteiger partial charge in [0.15, 0.2) is 0 Å². The van der Waals surface area contributed by atoms with Gasteiger partial charge in [-0.2, -0.15) is 0 Å². The predicted octanol–water partition coefficient (Wildman–Crippen LogP) is 2.89. The second-order valence-electron chi connectivity index (χ2n) is 4.88. The van der Waals surface area contributed by atoms with Crippen molar-refractivity contribution in [2.45, 2.75) is 50.8 Å². The fourth-order valence-corrected chi connectivity index (χ4v) is 2.88. The third kappa shape index (κ3) is 6.27. The standard InChI is InChI=1S/C15H24N2O3S/c1-3-5-6-7-12-16-21(19,20)14-10-8-13(9-11-14)17-15(18)4-2/h8-11,16H,3-7,12H2,1-2H3,(H,17,18). The van der Waals surface area contributed by atoms with Gasteiger partial charge in [-0.25, -0.2) is 13.1 Å². The summed E-state index contributed by atoms with van der Waals surface area (Å²) in [5.74, 6) is -0.0975. The summed E-state index contributed by atoms with van der Waals surface area (Å²) in [4.78, 5) is 11.5. The molecule has 0 saturated heterocycles. The zero-order valence-corrected chi connectivity index (χ0v) is 13.5. The van der Waals surface area contributed by atoms with Crippen molar-refractivity contribution < 1.29 is 13.2 Å².